The second-order valence-corrected chi connectivity index (χ2v) is 9.01. The monoisotopic (exact) mass is 532 g/mol. The fourth-order valence-corrected chi connectivity index (χ4v) is 4.40. The Morgan fingerprint density at radius 2 is 1.52 bits per heavy atom. The number of aryl methyl sites for hydroxylation is 1. The van der Waals surface area contributed by atoms with E-state index in [1.807, 2.05) is 35.6 Å². The van der Waals surface area contributed by atoms with Crippen molar-refractivity contribution >= 4 is 60.0 Å². The molecule has 29 heavy (non-hydrogen) atoms. The number of amides is 2. The molecule has 4 rings (SSSR count). The normalized spacial score (nSPS) is 10.9. The molecule has 6 nitrogen and oxygen atoms in total. The van der Waals surface area contributed by atoms with E-state index in [0.717, 1.165) is 25.9 Å². The van der Waals surface area contributed by atoms with E-state index in [9.17, 15) is 9.59 Å². The summed E-state index contributed by atoms with van der Waals surface area (Å²) < 4.78 is 3.81. The van der Waals surface area contributed by atoms with Crippen molar-refractivity contribution in [1.29, 1.82) is 0 Å². The molecule has 2 aromatic carbocycles. The lowest BCUT2D eigenvalue weighted by Crippen LogP contribution is -2.41. The molecule has 0 saturated carbocycles. The van der Waals surface area contributed by atoms with Gasteiger partial charge in [0.1, 0.15) is 4.88 Å². The van der Waals surface area contributed by atoms with Gasteiger partial charge in [-0.15, -0.1) is 0 Å². The lowest BCUT2D eigenvalue weighted by molar-refractivity contribution is 0.0848. The largest absolute Gasteiger partial charge is 0.287 e. The van der Waals surface area contributed by atoms with Crippen LogP contribution < -0.4 is 10.9 Å². The lowest BCUT2D eigenvalue weighted by Gasteiger charge is -2.07. The molecule has 0 unspecified atom stereocenters. The van der Waals surface area contributed by atoms with Gasteiger partial charge in [-0.3, -0.25) is 24.8 Å². The van der Waals surface area contributed by atoms with Crippen molar-refractivity contribution < 1.29 is 9.59 Å². The molecule has 2 aromatic heterocycles. The Labute approximate surface area is 187 Å². The van der Waals surface area contributed by atoms with E-state index < -0.39 is 0 Å². The van der Waals surface area contributed by atoms with Crippen LogP contribution in [-0.4, -0.2) is 21.2 Å². The van der Waals surface area contributed by atoms with Gasteiger partial charge in [0.05, 0.1) is 11.9 Å². The zero-order valence-electron chi connectivity index (χ0n) is 15.1. The number of halogens is 2. The van der Waals surface area contributed by atoms with Crippen molar-refractivity contribution in [3.63, 3.8) is 0 Å². The van der Waals surface area contributed by atoms with Crippen LogP contribution in [0.1, 0.15) is 25.7 Å². The molecule has 146 valence electrons. The first-order valence-electron chi connectivity index (χ1n) is 8.53. The van der Waals surface area contributed by atoms with Gasteiger partial charge in [-0.2, -0.15) is 0 Å². The highest BCUT2D eigenvalue weighted by molar-refractivity contribution is 9.10. The first-order chi connectivity index (χ1) is 13.9. The molecule has 0 aliphatic carbocycles. The van der Waals surface area contributed by atoms with E-state index in [4.69, 9.17) is 0 Å². The van der Waals surface area contributed by atoms with Gasteiger partial charge in [-0.05, 0) is 43.3 Å². The molecule has 0 atom stereocenters. The summed E-state index contributed by atoms with van der Waals surface area (Å²) >= 11 is 8.03. The number of carbonyl (C=O) groups excluding carboxylic acids is 2. The summed E-state index contributed by atoms with van der Waals surface area (Å²) in [7, 11) is 0. The number of carbonyl (C=O) groups is 2. The van der Waals surface area contributed by atoms with E-state index >= 15 is 0 Å². The van der Waals surface area contributed by atoms with E-state index in [-0.39, 0.29) is 11.8 Å². The van der Waals surface area contributed by atoms with Crippen LogP contribution in [0.25, 0.3) is 16.2 Å². The molecule has 0 saturated heterocycles. The van der Waals surface area contributed by atoms with E-state index in [1.54, 1.807) is 30.5 Å². The zero-order chi connectivity index (χ0) is 20.5. The highest BCUT2D eigenvalue weighted by Crippen LogP contribution is 2.29. The Balaban J connectivity index is 1.55. The first kappa shape index (κ1) is 19.8. The standard InChI is InChI=1S/C20H14Br2N4O2S/c1-11-17(19(28)25-24-18(27)13-4-8-15(22)9-5-13)29-20-23-10-16(26(11)20)12-2-6-14(21)7-3-12/h2-10H,1H3,(H,24,27)(H,25,28). The van der Waals surface area contributed by atoms with Crippen LogP contribution in [0, 0.1) is 6.92 Å². The summed E-state index contributed by atoms with van der Waals surface area (Å²) in [6.07, 6.45) is 1.79. The number of hydrogen-bond acceptors (Lipinski definition) is 4. The predicted molar refractivity (Wildman–Crippen MR) is 120 cm³/mol. The summed E-state index contributed by atoms with van der Waals surface area (Å²) in [5, 5.41) is 0. The quantitative estimate of drug-likeness (QED) is 0.365. The van der Waals surface area contributed by atoms with Gasteiger partial charge < -0.3 is 0 Å². The molecular weight excluding hydrogens is 520 g/mol. The Morgan fingerprint density at radius 1 is 0.931 bits per heavy atom. The van der Waals surface area contributed by atoms with Crippen molar-refractivity contribution in [2.75, 3.05) is 0 Å². The second-order valence-electron chi connectivity index (χ2n) is 6.20. The second kappa shape index (κ2) is 8.10. The van der Waals surface area contributed by atoms with Gasteiger partial charge >= 0.3 is 0 Å². The predicted octanol–water partition coefficient (Wildman–Crippen LogP) is 4.97. The number of imidazole rings is 1. The number of aromatic nitrogens is 2. The van der Waals surface area contributed by atoms with Crippen LogP contribution >= 0.6 is 43.2 Å². The Bertz CT molecular complexity index is 1210. The van der Waals surface area contributed by atoms with Crippen LogP contribution in [-0.2, 0) is 0 Å². The molecule has 4 aromatic rings. The molecule has 0 fully saturated rings. The molecule has 2 amide bonds. The SMILES string of the molecule is Cc1c(C(=O)NNC(=O)c2ccc(Br)cc2)sc2ncc(-c3ccc(Br)cc3)n12. The molecule has 9 heteroatoms. The average molecular weight is 534 g/mol. The lowest BCUT2D eigenvalue weighted by atomic mass is 10.2. The maximum Gasteiger partial charge on any atom is 0.281 e. The molecule has 0 bridgehead atoms. The number of nitrogens with one attached hydrogen (secondary N) is 2. The fourth-order valence-electron chi connectivity index (χ4n) is 2.88. The first-order valence-corrected chi connectivity index (χ1v) is 10.9. The zero-order valence-corrected chi connectivity index (χ0v) is 19.1. The molecule has 2 N–H and O–H groups in total. The fraction of sp³-hybridized carbons (Fsp3) is 0.0500. The third kappa shape index (κ3) is 3.98. The van der Waals surface area contributed by atoms with Crippen molar-refractivity contribution in [3.05, 3.63) is 79.8 Å². The number of hydrazine groups is 1. The third-order valence-corrected chi connectivity index (χ3v) is 6.54. The summed E-state index contributed by atoms with van der Waals surface area (Å²) in [5.74, 6) is -0.773. The third-order valence-electron chi connectivity index (χ3n) is 4.33. The van der Waals surface area contributed by atoms with E-state index in [2.05, 4.69) is 47.7 Å². The van der Waals surface area contributed by atoms with Crippen molar-refractivity contribution in [1.82, 2.24) is 20.2 Å². The van der Waals surface area contributed by atoms with Crippen LogP contribution in [0.4, 0.5) is 0 Å². The van der Waals surface area contributed by atoms with Crippen molar-refractivity contribution in [2.45, 2.75) is 6.92 Å². The Hall–Kier alpha value is -2.49. The van der Waals surface area contributed by atoms with Gasteiger partial charge in [0.2, 0.25) is 0 Å². The van der Waals surface area contributed by atoms with Crippen molar-refractivity contribution in [2.24, 2.45) is 0 Å². The summed E-state index contributed by atoms with van der Waals surface area (Å²) in [4.78, 5) is 30.5. The number of thiazole rings is 1. The van der Waals surface area contributed by atoms with Crippen LogP contribution in [0.15, 0.2) is 63.7 Å². The summed E-state index contributed by atoms with van der Waals surface area (Å²) in [6.45, 7) is 1.86. The van der Waals surface area contributed by atoms with Gasteiger partial charge in [0, 0.05) is 25.8 Å². The number of fused-ring (bicyclic) bond motifs is 1. The minimum Gasteiger partial charge on any atom is -0.287 e. The van der Waals surface area contributed by atoms with Crippen LogP contribution in [0.2, 0.25) is 0 Å². The minimum absolute atomic E-state index is 0.384. The molecule has 0 aliphatic heterocycles. The summed E-state index contributed by atoms with van der Waals surface area (Å²) in [6, 6.07) is 14.8. The highest BCUT2D eigenvalue weighted by Gasteiger charge is 2.20. The number of hydrogen-bond donors (Lipinski definition) is 2. The topological polar surface area (TPSA) is 75.5 Å². The van der Waals surface area contributed by atoms with Gasteiger partial charge in [-0.25, -0.2) is 4.98 Å². The Kier molecular flexibility index (Phi) is 5.53. The average Bonchev–Trinajstić information content (AvgIpc) is 3.27. The number of rotatable bonds is 3. The number of benzene rings is 2. The van der Waals surface area contributed by atoms with Crippen LogP contribution in [0.3, 0.4) is 0 Å². The molecule has 0 spiro atoms. The minimum atomic E-state index is -0.389. The molecular formula is C20H14Br2N4O2S. The van der Waals surface area contributed by atoms with Gasteiger partial charge in [0.15, 0.2) is 4.96 Å². The Morgan fingerprint density at radius 3 is 2.17 bits per heavy atom. The van der Waals surface area contributed by atoms with E-state index in [1.165, 1.54) is 11.3 Å². The maximum atomic E-state index is 12.6. The molecule has 2 heterocycles. The summed E-state index contributed by atoms with van der Waals surface area (Å²) in [5.41, 5.74) is 8.04. The molecule has 0 radical (unpaired) electrons. The number of nitrogens with zero attached hydrogens (tertiary/aromatic N) is 2. The van der Waals surface area contributed by atoms with Crippen LogP contribution in [0.5, 0.6) is 0 Å². The molecule has 0 aliphatic rings. The van der Waals surface area contributed by atoms with Gasteiger partial charge in [0.25, 0.3) is 11.8 Å². The van der Waals surface area contributed by atoms with E-state index in [0.29, 0.717) is 15.4 Å². The van der Waals surface area contributed by atoms with Gasteiger partial charge in [-0.1, -0.05) is 55.3 Å². The highest BCUT2D eigenvalue weighted by atomic mass is 79.9. The maximum absolute atomic E-state index is 12.6. The van der Waals surface area contributed by atoms with Crippen molar-refractivity contribution in [3.8, 4) is 11.3 Å². The smallest absolute Gasteiger partial charge is 0.281 e.